The lowest BCUT2D eigenvalue weighted by Gasteiger charge is -2.36. The first-order valence-corrected chi connectivity index (χ1v) is 6.94. The summed E-state index contributed by atoms with van der Waals surface area (Å²) in [5, 5.41) is 18.6. The highest BCUT2D eigenvalue weighted by Gasteiger charge is 2.24. The maximum Gasteiger partial charge on any atom is 0.337 e. The topological polar surface area (TPSA) is 60.8 Å². The van der Waals surface area contributed by atoms with Gasteiger partial charge in [-0.3, -0.25) is 0 Å². The fraction of sp³-hybridized carbons (Fsp3) is 0.533. The summed E-state index contributed by atoms with van der Waals surface area (Å²) >= 11 is 0. The molecule has 4 nitrogen and oxygen atoms in total. The monoisotopic (exact) mass is 263 g/mol. The molecule has 1 aromatic rings. The van der Waals surface area contributed by atoms with Crippen molar-refractivity contribution in [1.29, 1.82) is 0 Å². The Morgan fingerprint density at radius 2 is 1.89 bits per heavy atom. The Morgan fingerprint density at radius 1 is 1.21 bits per heavy atom. The van der Waals surface area contributed by atoms with E-state index in [1.54, 1.807) is 12.1 Å². The fourth-order valence-electron chi connectivity index (χ4n) is 2.91. The predicted octanol–water partition coefficient (Wildman–Crippen LogP) is 2.52. The number of aliphatic hydroxyl groups excluding tert-OH is 1. The third-order valence-electron chi connectivity index (χ3n) is 3.80. The van der Waals surface area contributed by atoms with Crippen molar-refractivity contribution >= 4 is 11.7 Å². The van der Waals surface area contributed by atoms with E-state index in [1.165, 1.54) is 19.3 Å². The molecule has 19 heavy (non-hydrogen) atoms. The highest BCUT2D eigenvalue weighted by atomic mass is 16.4. The fourth-order valence-corrected chi connectivity index (χ4v) is 2.91. The van der Waals surface area contributed by atoms with Gasteiger partial charge < -0.3 is 15.1 Å². The summed E-state index contributed by atoms with van der Waals surface area (Å²) in [6.45, 7) is 0.541. The molecule has 0 spiro atoms. The van der Waals surface area contributed by atoms with Crippen molar-refractivity contribution in [2.45, 2.75) is 38.1 Å². The van der Waals surface area contributed by atoms with E-state index >= 15 is 0 Å². The molecule has 0 radical (unpaired) electrons. The van der Waals surface area contributed by atoms with Gasteiger partial charge in [0.05, 0.1) is 17.9 Å². The Morgan fingerprint density at radius 3 is 2.53 bits per heavy atom. The first-order valence-electron chi connectivity index (χ1n) is 6.94. The molecule has 4 heteroatoms. The molecule has 2 rings (SSSR count). The van der Waals surface area contributed by atoms with E-state index < -0.39 is 5.97 Å². The summed E-state index contributed by atoms with van der Waals surface area (Å²) in [6, 6.07) is 7.42. The smallest absolute Gasteiger partial charge is 0.337 e. The molecule has 1 aromatic carbocycles. The second kappa shape index (κ2) is 6.57. The lowest BCUT2D eigenvalue weighted by atomic mass is 9.93. The molecule has 1 saturated carbocycles. The Hall–Kier alpha value is -1.55. The van der Waals surface area contributed by atoms with Crippen LogP contribution in [0.1, 0.15) is 42.5 Å². The van der Waals surface area contributed by atoms with Crippen LogP contribution in [0.25, 0.3) is 0 Å². The lowest BCUT2D eigenvalue weighted by Crippen LogP contribution is -2.39. The zero-order valence-corrected chi connectivity index (χ0v) is 11.1. The van der Waals surface area contributed by atoms with E-state index in [0.717, 1.165) is 18.5 Å². The molecule has 0 unspecified atom stereocenters. The molecular formula is C15H21NO3. The van der Waals surface area contributed by atoms with Gasteiger partial charge in [0.1, 0.15) is 0 Å². The van der Waals surface area contributed by atoms with E-state index in [4.69, 9.17) is 0 Å². The summed E-state index contributed by atoms with van der Waals surface area (Å²) in [7, 11) is 0. The number of anilines is 1. The number of rotatable bonds is 5. The van der Waals surface area contributed by atoms with Crippen molar-refractivity contribution < 1.29 is 15.0 Å². The van der Waals surface area contributed by atoms with Crippen LogP contribution >= 0.6 is 0 Å². The van der Waals surface area contributed by atoms with E-state index in [-0.39, 0.29) is 6.61 Å². The molecule has 2 N–H and O–H groups in total. The summed E-state index contributed by atoms with van der Waals surface area (Å²) in [6.07, 6.45) is 5.77. The molecule has 0 amide bonds. The van der Waals surface area contributed by atoms with Crippen LogP contribution in [0.5, 0.6) is 0 Å². The molecule has 104 valence electrons. The van der Waals surface area contributed by atoms with Crippen LogP contribution in [-0.2, 0) is 0 Å². The summed E-state index contributed by atoms with van der Waals surface area (Å²) < 4.78 is 0. The van der Waals surface area contributed by atoms with Crippen LogP contribution in [0.4, 0.5) is 5.69 Å². The van der Waals surface area contributed by atoms with E-state index in [9.17, 15) is 15.0 Å². The van der Waals surface area contributed by atoms with Crippen LogP contribution in [0.15, 0.2) is 24.3 Å². The van der Waals surface area contributed by atoms with Gasteiger partial charge in [-0.2, -0.15) is 0 Å². The number of hydrogen-bond acceptors (Lipinski definition) is 3. The van der Waals surface area contributed by atoms with E-state index in [0.29, 0.717) is 18.2 Å². The Kier molecular flexibility index (Phi) is 4.80. The molecule has 1 fully saturated rings. The normalized spacial score (nSPS) is 16.3. The molecule has 1 aliphatic carbocycles. The van der Waals surface area contributed by atoms with Crippen molar-refractivity contribution in [2.75, 3.05) is 18.1 Å². The van der Waals surface area contributed by atoms with E-state index in [2.05, 4.69) is 4.90 Å². The standard InChI is InChI=1S/C15H21NO3/c17-11-10-16(12-6-2-1-3-7-12)14-9-5-4-8-13(14)15(18)19/h4-5,8-9,12,17H,1-3,6-7,10-11H2,(H,18,19). The molecular weight excluding hydrogens is 242 g/mol. The van der Waals surface area contributed by atoms with Crippen molar-refractivity contribution in [2.24, 2.45) is 0 Å². The van der Waals surface area contributed by atoms with Crippen LogP contribution in [0.2, 0.25) is 0 Å². The highest BCUT2D eigenvalue weighted by molar-refractivity contribution is 5.94. The number of hydrogen-bond donors (Lipinski definition) is 2. The zero-order chi connectivity index (χ0) is 13.7. The van der Waals surface area contributed by atoms with E-state index in [1.807, 2.05) is 12.1 Å². The van der Waals surface area contributed by atoms with Crippen LogP contribution in [-0.4, -0.2) is 35.4 Å². The number of aromatic carboxylic acids is 1. The van der Waals surface area contributed by atoms with Crippen LogP contribution in [0.3, 0.4) is 0 Å². The second-order valence-corrected chi connectivity index (χ2v) is 5.03. The highest BCUT2D eigenvalue weighted by Crippen LogP contribution is 2.29. The maximum absolute atomic E-state index is 11.3. The minimum absolute atomic E-state index is 0.0461. The predicted molar refractivity (Wildman–Crippen MR) is 74.7 cm³/mol. The average Bonchev–Trinajstić information content (AvgIpc) is 2.45. The average molecular weight is 263 g/mol. The van der Waals surface area contributed by atoms with Crippen molar-refractivity contribution in [3.8, 4) is 0 Å². The molecule has 0 bridgehead atoms. The molecule has 0 atom stereocenters. The number of benzene rings is 1. The van der Waals surface area contributed by atoms with Crippen molar-refractivity contribution in [3.63, 3.8) is 0 Å². The molecule has 0 aromatic heterocycles. The number of carbonyl (C=O) groups is 1. The third-order valence-corrected chi connectivity index (χ3v) is 3.80. The molecule has 1 aliphatic rings. The number of nitrogens with zero attached hydrogens (tertiary/aromatic N) is 1. The number of carboxylic acid groups (broad SMARTS) is 1. The van der Waals surface area contributed by atoms with Gasteiger partial charge >= 0.3 is 5.97 Å². The van der Waals surface area contributed by atoms with Gasteiger partial charge in [-0.05, 0) is 25.0 Å². The minimum atomic E-state index is -0.908. The lowest BCUT2D eigenvalue weighted by molar-refractivity contribution is 0.0697. The Balaban J connectivity index is 2.29. The van der Waals surface area contributed by atoms with Gasteiger partial charge in [0.15, 0.2) is 0 Å². The Bertz CT molecular complexity index is 427. The third kappa shape index (κ3) is 3.26. The molecule has 0 saturated heterocycles. The van der Waals surface area contributed by atoms with Gasteiger partial charge in [-0.25, -0.2) is 4.79 Å². The Labute approximate surface area is 113 Å². The van der Waals surface area contributed by atoms with Gasteiger partial charge in [-0.1, -0.05) is 31.4 Å². The minimum Gasteiger partial charge on any atom is -0.478 e. The van der Waals surface area contributed by atoms with Crippen molar-refractivity contribution in [3.05, 3.63) is 29.8 Å². The largest absolute Gasteiger partial charge is 0.478 e. The van der Waals surface area contributed by atoms with Gasteiger partial charge in [0, 0.05) is 12.6 Å². The second-order valence-electron chi connectivity index (χ2n) is 5.03. The summed E-state index contributed by atoms with van der Waals surface area (Å²) in [5.41, 5.74) is 1.05. The first kappa shape index (κ1) is 13.9. The maximum atomic E-state index is 11.3. The SMILES string of the molecule is O=C(O)c1ccccc1N(CCO)C1CCCCC1. The zero-order valence-electron chi connectivity index (χ0n) is 11.1. The number of carboxylic acids is 1. The van der Waals surface area contributed by atoms with Crippen LogP contribution in [0, 0.1) is 0 Å². The number of aliphatic hydroxyl groups is 1. The number of para-hydroxylation sites is 1. The van der Waals surface area contributed by atoms with Gasteiger partial charge in [-0.15, -0.1) is 0 Å². The first-order chi connectivity index (χ1) is 9.24. The summed E-state index contributed by atoms with van der Waals surface area (Å²) in [4.78, 5) is 13.4. The van der Waals surface area contributed by atoms with Crippen LogP contribution < -0.4 is 4.90 Å². The summed E-state index contributed by atoms with van der Waals surface area (Å²) in [5.74, 6) is -0.908. The molecule has 0 heterocycles. The van der Waals surface area contributed by atoms with Gasteiger partial charge in [0.2, 0.25) is 0 Å². The van der Waals surface area contributed by atoms with Crippen molar-refractivity contribution in [1.82, 2.24) is 0 Å². The molecule has 0 aliphatic heterocycles. The van der Waals surface area contributed by atoms with Gasteiger partial charge in [0.25, 0.3) is 0 Å². The quantitative estimate of drug-likeness (QED) is 0.857.